The minimum atomic E-state index is -0.644. The zero-order valence-electron chi connectivity index (χ0n) is 26.3. The molecule has 7 nitrogen and oxygen atoms in total. The number of hydrogen-bond donors (Lipinski definition) is 0. The zero-order valence-corrected chi connectivity index (χ0v) is 26.3. The average Bonchev–Trinajstić information content (AvgIpc) is 2.96. The van der Waals surface area contributed by atoms with Crippen LogP contribution in [0.1, 0.15) is 59.6 Å². The second kappa shape index (κ2) is 14.3. The fourth-order valence-corrected chi connectivity index (χ4v) is 3.48. The number of esters is 3. The molecular formula is C37H38O7. The molecule has 0 atom stereocenters. The Hall–Kier alpha value is -5.17. The lowest BCUT2D eigenvalue weighted by molar-refractivity contribution is -0.143. The second-order valence-corrected chi connectivity index (χ2v) is 11.6. The Balaban J connectivity index is 2.05. The van der Waals surface area contributed by atoms with Gasteiger partial charge in [0.1, 0.15) is 23.0 Å². The average molecular weight is 595 g/mol. The quantitative estimate of drug-likeness (QED) is 0.0762. The van der Waals surface area contributed by atoms with Gasteiger partial charge in [-0.2, -0.15) is 0 Å². The summed E-state index contributed by atoms with van der Waals surface area (Å²) in [5.41, 5.74) is 3.65. The van der Waals surface area contributed by atoms with Gasteiger partial charge < -0.3 is 18.9 Å². The van der Waals surface area contributed by atoms with Gasteiger partial charge in [0.05, 0.1) is 11.7 Å². The highest BCUT2D eigenvalue weighted by Crippen LogP contribution is 2.39. The molecule has 0 saturated carbocycles. The maximum Gasteiger partial charge on any atom is 0.338 e. The fourth-order valence-electron chi connectivity index (χ4n) is 3.48. The van der Waals surface area contributed by atoms with E-state index in [9.17, 15) is 14.4 Å². The summed E-state index contributed by atoms with van der Waals surface area (Å²) in [5, 5.41) is 0. The summed E-state index contributed by atoms with van der Waals surface area (Å²) >= 11 is 0. The fraction of sp³-hybridized carbons (Fsp3) is 0.216. The SMILES string of the molecule is C=C(C)C(=O)Oc1ccc(/C=C/c2cc(OC=C(C)C)c(-c3ccc(OC(=O)C(C)(C)C)cc3)cc2OC(=O)C(=C)C)cc1. The molecule has 7 heteroatoms. The van der Waals surface area contributed by atoms with Gasteiger partial charge >= 0.3 is 17.9 Å². The van der Waals surface area contributed by atoms with E-state index in [1.807, 2.05) is 19.9 Å². The molecule has 0 aliphatic rings. The molecule has 3 aromatic rings. The molecule has 0 aromatic heterocycles. The summed E-state index contributed by atoms with van der Waals surface area (Å²) in [6.45, 7) is 19.6. The van der Waals surface area contributed by atoms with Crippen molar-refractivity contribution in [1.29, 1.82) is 0 Å². The Labute approximate surface area is 259 Å². The van der Waals surface area contributed by atoms with Crippen molar-refractivity contribution >= 4 is 30.1 Å². The molecular weight excluding hydrogens is 556 g/mol. The zero-order chi connectivity index (χ0) is 32.6. The van der Waals surface area contributed by atoms with Crippen LogP contribution in [0.5, 0.6) is 23.0 Å². The van der Waals surface area contributed by atoms with Crippen LogP contribution in [0, 0.1) is 5.41 Å². The van der Waals surface area contributed by atoms with E-state index in [0.29, 0.717) is 39.7 Å². The number of allylic oxidation sites excluding steroid dienone is 1. The Kier molecular flexibility index (Phi) is 10.9. The first-order valence-electron chi connectivity index (χ1n) is 14.0. The van der Waals surface area contributed by atoms with Crippen molar-refractivity contribution in [1.82, 2.24) is 0 Å². The number of hydrogen-bond acceptors (Lipinski definition) is 7. The van der Waals surface area contributed by atoms with Gasteiger partial charge in [0, 0.05) is 22.3 Å². The van der Waals surface area contributed by atoms with Gasteiger partial charge in [0.15, 0.2) is 0 Å². The van der Waals surface area contributed by atoms with Crippen molar-refractivity contribution in [3.63, 3.8) is 0 Å². The maximum absolute atomic E-state index is 12.6. The first kappa shape index (κ1) is 33.3. The van der Waals surface area contributed by atoms with E-state index >= 15 is 0 Å². The van der Waals surface area contributed by atoms with E-state index in [0.717, 1.165) is 16.7 Å². The lowest BCUT2D eigenvalue weighted by Gasteiger charge is -2.17. The first-order chi connectivity index (χ1) is 20.6. The van der Waals surface area contributed by atoms with E-state index in [-0.39, 0.29) is 11.5 Å². The van der Waals surface area contributed by atoms with E-state index in [2.05, 4.69) is 13.2 Å². The molecule has 3 rings (SSSR count). The van der Waals surface area contributed by atoms with Crippen LogP contribution in [0.2, 0.25) is 0 Å². The summed E-state index contributed by atoms with van der Waals surface area (Å²) in [6.07, 6.45) is 5.26. The summed E-state index contributed by atoms with van der Waals surface area (Å²) in [4.78, 5) is 36.8. The third-order valence-electron chi connectivity index (χ3n) is 5.97. The van der Waals surface area contributed by atoms with E-state index < -0.39 is 17.4 Å². The predicted molar refractivity (Wildman–Crippen MR) is 173 cm³/mol. The molecule has 0 N–H and O–H groups in total. The Morgan fingerprint density at radius 2 is 1.23 bits per heavy atom. The number of carbonyl (C=O) groups is 3. The standard InChI is InChI=1S/C37H38O7/c1-23(2)22-41-33-20-28(13-10-26-11-16-29(17-12-26)42-34(38)24(3)4)32(44-35(39)25(5)6)21-31(33)27-14-18-30(19-15-27)43-36(40)37(7,8)9/h10-22H,3,5H2,1-2,4,6-9H3/b13-10+. The minimum absolute atomic E-state index is 0.247. The van der Waals surface area contributed by atoms with Crippen molar-refractivity contribution in [3.8, 4) is 34.1 Å². The monoisotopic (exact) mass is 594 g/mol. The van der Waals surface area contributed by atoms with Crippen molar-refractivity contribution in [3.05, 3.63) is 108 Å². The number of ether oxygens (including phenoxy) is 4. The molecule has 0 unspecified atom stereocenters. The van der Waals surface area contributed by atoms with Crippen molar-refractivity contribution in [2.45, 2.75) is 48.5 Å². The van der Waals surface area contributed by atoms with Crippen LogP contribution < -0.4 is 18.9 Å². The highest BCUT2D eigenvalue weighted by atomic mass is 16.5. The molecule has 0 saturated heterocycles. The van der Waals surface area contributed by atoms with Crippen molar-refractivity contribution in [2.75, 3.05) is 0 Å². The lowest BCUT2D eigenvalue weighted by Crippen LogP contribution is -2.25. The minimum Gasteiger partial charge on any atom is -0.464 e. The van der Waals surface area contributed by atoms with Crippen LogP contribution in [0.3, 0.4) is 0 Å². The summed E-state index contributed by atoms with van der Waals surface area (Å²) in [7, 11) is 0. The van der Waals surface area contributed by atoms with Gasteiger partial charge in [0.25, 0.3) is 0 Å². The summed E-state index contributed by atoms with van der Waals surface area (Å²) in [6, 6.07) is 17.5. The normalized spacial score (nSPS) is 11.0. The van der Waals surface area contributed by atoms with Gasteiger partial charge in [-0.25, -0.2) is 9.59 Å². The molecule has 0 aliphatic heterocycles. The molecule has 0 bridgehead atoms. The molecule has 228 valence electrons. The maximum atomic E-state index is 12.6. The van der Waals surface area contributed by atoms with Crippen molar-refractivity contribution in [2.24, 2.45) is 5.41 Å². The highest BCUT2D eigenvalue weighted by Gasteiger charge is 2.24. The van der Waals surface area contributed by atoms with Crippen LogP contribution in [-0.2, 0) is 14.4 Å². The molecule has 0 fully saturated rings. The summed E-state index contributed by atoms with van der Waals surface area (Å²) in [5.74, 6) is 0.206. The Bertz CT molecular complexity index is 1630. The van der Waals surface area contributed by atoms with Gasteiger partial charge in [0.2, 0.25) is 0 Å². The van der Waals surface area contributed by atoms with Gasteiger partial charge in [-0.1, -0.05) is 49.6 Å². The summed E-state index contributed by atoms with van der Waals surface area (Å²) < 4.78 is 22.6. The number of benzene rings is 3. The molecule has 44 heavy (non-hydrogen) atoms. The van der Waals surface area contributed by atoms with E-state index in [4.69, 9.17) is 18.9 Å². The lowest BCUT2D eigenvalue weighted by atomic mass is 9.97. The first-order valence-corrected chi connectivity index (χ1v) is 14.0. The van der Waals surface area contributed by atoms with Crippen LogP contribution >= 0.6 is 0 Å². The molecule has 0 radical (unpaired) electrons. The van der Waals surface area contributed by atoms with Gasteiger partial charge in [-0.15, -0.1) is 0 Å². The second-order valence-electron chi connectivity index (χ2n) is 11.6. The van der Waals surface area contributed by atoms with Crippen LogP contribution in [0.15, 0.2) is 96.8 Å². The smallest absolute Gasteiger partial charge is 0.338 e. The van der Waals surface area contributed by atoms with Gasteiger partial charge in [-0.05, 0) is 102 Å². The Morgan fingerprint density at radius 3 is 1.77 bits per heavy atom. The van der Waals surface area contributed by atoms with Crippen LogP contribution in [-0.4, -0.2) is 17.9 Å². The van der Waals surface area contributed by atoms with Crippen LogP contribution in [0.4, 0.5) is 0 Å². The third-order valence-corrected chi connectivity index (χ3v) is 5.97. The number of rotatable bonds is 10. The van der Waals surface area contributed by atoms with E-state index in [1.54, 1.807) is 108 Å². The van der Waals surface area contributed by atoms with Crippen LogP contribution in [0.25, 0.3) is 23.3 Å². The van der Waals surface area contributed by atoms with E-state index in [1.165, 1.54) is 0 Å². The molecule has 0 aliphatic carbocycles. The topological polar surface area (TPSA) is 88.1 Å². The molecule has 0 amide bonds. The molecule has 0 heterocycles. The Morgan fingerprint density at radius 1 is 0.682 bits per heavy atom. The highest BCUT2D eigenvalue weighted by molar-refractivity contribution is 5.91. The largest absolute Gasteiger partial charge is 0.464 e. The molecule has 3 aromatic carbocycles. The van der Waals surface area contributed by atoms with Crippen molar-refractivity contribution < 1.29 is 33.3 Å². The third kappa shape index (κ3) is 9.42. The number of carbonyl (C=O) groups excluding carboxylic acids is 3. The predicted octanol–water partition coefficient (Wildman–Crippen LogP) is 8.74. The van der Waals surface area contributed by atoms with Gasteiger partial charge in [-0.3, -0.25) is 4.79 Å². The molecule has 0 spiro atoms.